The third-order valence-corrected chi connectivity index (χ3v) is 5.67. The van der Waals surface area contributed by atoms with Crippen molar-refractivity contribution < 1.29 is 40.7 Å². The molecule has 184 valence electrons. The summed E-state index contributed by atoms with van der Waals surface area (Å²) in [4.78, 5) is 24.8. The first-order valence-electron chi connectivity index (χ1n) is 10.4. The van der Waals surface area contributed by atoms with Crippen molar-refractivity contribution in [1.82, 2.24) is 19.9 Å². The Bertz CT molecular complexity index is 1410. The number of carbonyl (C=O) groups is 1. The number of alkyl halides is 3. The molecule has 13 heteroatoms. The number of H-pyrrole nitrogens is 1. The highest BCUT2D eigenvalue weighted by Crippen LogP contribution is 2.40. The average molecular weight is 496 g/mol. The molecular weight excluding hydrogens is 479 g/mol. The van der Waals surface area contributed by atoms with E-state index in [1.807, 2.05) is 0 Å². The monoisotopic (exact) mass is 496 g/mol. The van der Waals surface area contributed by atoms with Crippen molar-refractivity contribution in [1.29, 1.82) is 0 Å². The number of nitrogens with one attached hydrogen (secondary N) is 1. The molecule has 1 aliphatic rings. The van der Waals surface area contributed by atoms with Gasteiger partial charge in [0.05, 0.1) is 17.4 Å². The highest BCUT2D eigenvalue weighted by atomic mass is 19.4. The zero-order chi connectivity index (χ0) is 25.3. The summed E-state index contributed by atoms with van der Waals surface area (Å²) in [6.07, 6.45) is -3.53. The van der Waals surface area contributed by atoms with Gasteiger partial charge in [0.1, 0.15) is 23.2 Å². The second-order valence-electron chi connectivity index (χ2n) is 8.59. The third kappa shape index (κ3) is 3.75. The summed E-state index contributed by atoms with van der Waals surface area (Å²) in [6.45, 7) is 2.21. The number of oxazole rings is 1. The lowest BCUT2D eigenvalue weighted by Gasteiger charge is -2.33. The molecule has 1 aromatic carbocycles. The molecule has 4 heterocycles. The number of aromatic nitrogens is 3. The summed E-state index contributed by atoms with van der Waals surface area (Å²) in [6, 6.07) is 1.73. The van der Waals surface area contributed by atoms with Crippen molar-refractivity contribution >= 4 is 16.9 Å². The van der Waals surface area contributed by atoms with Gasteiger partial charge in [-0.2, -0.15) is 13.2 Å². The number of nitrogens with zero attached hydrogens (tertiary/aromatic N) is 3. The number of aromatic amines is 1. The zero-order valence-corrected chi connectivity index (χ0v) is 18.2. The first-order chi connectivity index (χ1) is 16.4. The van der Waals surface area contributed by atoms with Gasteiger partial charge in [-0.05, 0) is 32.0 Å². The molecule has 0 radical (unpaired) electrons. The summed E-state index contributed by atoms with van der Waals surface area (Å²) >= 11 is 0. The van der Waals surface area contributed by atoms with Crippen LogP contribution in [0.4, 0.5) is 22.0 Å². The predicted molar refractivity (Wildman–Crippen MR) is 108 cm³/mol. The molecule has 35 heavy (non-hydrogen) atoms. The Balaban J connectivity index is 1.66. The van der Waals surface area contributed by atoms with Crippen LogP contribution in [0.2, 0.25) is 0 Å². The van der Waals surface area contributed by atoms with Gasteiger partial charge < -0.3 is 23.8 Å². The van der Waals surface area contributed by atoms with Crippen molar-refractivity contribution in [3.8, 4) is 0 Å². The molecule has 0 bridgehead atoms. The SMILES string of the molecule is CC(C)(O)c1nc(C(F)(F)F)c(C(=O)N2CCc3[nH]cnc3[C@@H]2c2cc3c(F)ccc(F)c3o2)o1. The topological polar surface area (TPSA) is 108 Å². The highest BCUT2D eigenvalue weighted by Gasteiger charge is 2.46. The minimum atomic E-state index is -5.06. The van der Waals surface area contributed by atoms with E-state index in [1.54, 1.807) is 0 Å². The highest BCUT2D eigenvalue weighted by molar-refractivity contribution is 5.93. The summed E-state index contributed by atoms with van der Waals surface area (Å²) in [5, 5.41) is 9.90. The van der Waals surface area contributed by atoms with Gasteiger partial charge in [0.15, 0.2) is 17.1 Å². The number of hydrogen-bond donors (Lipinski definition) is 2. The number of halogens is 5. The van der Waals surface area contributed by atoms with Crippen LogP contribution in [0.5, 0.6) is 0 Å². The number of furan rings is 1. The van der Waals surface area contributed by atoms with E-state index >= 15 is 0 Å². The van der Waals surface area contributed by atoms with Gasteiger partial charge in [0, 0.05) is 18.7 Å². The third-order valence-electron chi connectivity index (χ3n) is 5.67. The van der Waals surface area contributed by atoms with Gasteiger partial charge in [-0.15, -0.1) is 0 Å². The average Bonchev–Trinajstić information content (AvgIpc) is 3.51. The molecule has 4 aromatic rings. The standard InChI is InChI=1S/C22H17F5N4O4/c1-21(2,33)20-30-18(22(25,26)27)17(35-20)19(32)31-6-5-12-14(29-8-28-12)15(31)13-7-9-10(23)3-4-11(24)16(9)34-13/h3-4,7-8,15,33H,5-6H2,1-2H3,(H,28,29)/t15-/m0/s1. The molecule has 0 fully saturated rings. The number of aliphatic hydroxyl groups is 1. The van der Waals surface area contributed by atoms with Gasteiger partial charge in [-0.3, -0.25) is 4.79 Å². The molecule has 0 saturated heterocycles. The van der Waals surface area contributed by atoms with E-state index < -0.39 is 58.3 Å². The fourth-order valence-corrected chi connectivity index (χ4v) is 4.04. The van der Waals surface area contributed by atoms with Crippen molar-refractivity contribution in [2.24, 2.45) is 0 Å². The van der Waals surface area contributed by atoms with Gasteiger partial charge in [-0.25, -0.2) is 18.7 Å². The Morgan fingerprint density at radius 1 is 1.20 bits per heavy atom. The van der Waals surface area contributed by atoms with E-state index in [4.69, 9.17) is 8.83 Å². The lowest BCUT2D eigenvalue weighted by atomic mass is 9.99. The number of carbonyl (C=O) groups excluding carboxylic acids is 1. The Hall–Kier alpha value is -3.74. The van der Waals surface area contributed by atoms with Crippen molar-refractivity contribution in [2.45, 2.75) is 38.1 Å². The molecule has 0 saturated carbocycles. The molecule has 1 amide bonds. The largest absolute Gasteiger partial charge is 0.455 e. The summed E-state index contributed by atoms with van der Waals surface area (Å²) < 4.78 is 80.4. The van der Waals surface area contributed by atoms with Gasteiger partial charge in [0.25, 0.3) is 5.91 Å². The quantitative estimate of drug-likeness (QED) is 0.406. The Labute approximate surface area is 193 Å². The van der Waals surface area contributed by atoms with Crippen LogP contribution in [0.15, 0.2) is 33.4 Å². The number of benzene rings is 1. The van der Waals surface area contributed by atoms with Gasteiger partial charge in [0.2, 0.25) is 11.7 Å². The van der Waals surface area contributed by atoms with E-state index in [2.05, 4.69) is 15.0 Å². The van der Waals surface area contributed by atoms with Crippen LogP contribution in [0, 0.1) is 11.6 Å². The summed E-state index contributed by atoms with van der Waals surface area (Å²) in [5.74, 6) is -4.78. The van der Waals surface area contributed by atoms with Crippen molar-refractivity contribution in [3.05, 3.63) is 70.7 Å². The molecule has 2 N–H and O–H groups in total. The minimum Gasteiger partial charge on any atom is -0.455 e. The predicted octanol–water partition coefficient (Wildman–Crippen LogP) is 4.46. The number of amides is 1. The number of imidazole rings is 1. The Kier molecular flexibility index (Phi) is 5.02. The summed E-state index contributed by atoms with van der Waals surface area (Å²) in [7, 11) is 0. The Morgan fingerprint density at radius 2 is 1.91 bits per heavy atom. The molecule has 0 aliphatic carbocycles. The zero-order valence-electron chi connectivity index (χ0n) is 18.2. The van der Waals surface area contributed by atoms with Crippen LogP contribution >= 0.6 is 0 Å². The Morgan fingerprint density at radius 3 is 2.57 bits per heavy atom. The van der Waals surface area contributed by atoms with Gasteiger partial charge >= 0.3 is 6.18 Å². The van der Waals surface area contributed by atoms with Crippen LogP contribution < -0.4 is 0 Å². The second-order valence-corrected chi connectivity index (χ2v) is 8.59. The van der Waals surface area contributed by atoms with Crippen LogP contribution in [0.1, 0.15) is 59.2 Å². The van der Waals surface area contributed by atoms with E-state index in [1.165, 1.54) is 12.4 Å². The number of hydrogen-bond acceptors (Lipinski definition) is 6. The minimum absolute atomic E-state index is 0.101. The second kappa shape index (κ2) is 7.63. The number of rotatable bonds is 3. The summed E-state index contributed by atoms with van der Waals surface area (Å²) in [5.41, 5.74) is -3.10. The normalized spacial score (nSPS) is 16.7. The maximum atomic E-state index is 14.3. The van der Waals surface area contributed by atoms with Crippen molar-refractivity contribution in [2.75, 3.05) is 6.54 Å². The van der Waals surface area contributed by atoms with Crippen LogP contribution in [-0.2, 0) is 18.2 Å². The molecule has 1 atom stereocenters. The fourth-order valence-electron chi connectivity index (χ4n) is 4.04. The molecule has 0 spiro atoms. The molecule has 8 nitrogen and oxygen atoms in total. The fraction of sp³-hybridized carbons (Fsp3) is 0.318. The maximum Gasteiger partial charge on any atom is 0.437 e. The van der Waals surface area contributed by atoms with E-state index in [0.29, 0.717) is 5.69 Å². The molecule has 0 unspecified atom stereocenters. The van der Waals surface area contributed by atoms with Crippen molar-refractivity contribution in [3.63, 3.8) is 0 Å². The van der Waals surface area contributed by atoms with Crippen LogP contribution in [0.3, 0.4) is 0 Å². The van der Waals surface area contributed by atoms with Crippen LogP contribution in [0.25, 0.3) is 11.0 Å². The molecule has 1 aliphatic heterocycles. The van der Waals surface area contributed by atoms with E-state index in [-0.39, 0.29) is 29.8 Å². The van der Waals surface area contributed by atoms with Gasteiger partial charge in [-0.1, -0.05) is 0 Å². The lowest BCUT2D eigenvalue weighted by molar-refractivity contribution is -0.141. The molecular formula is C22H17F5N4O4. The van der Waals surface area contributed by atoms with Crippen LogP contribution in [-0.4, -0.2) is 37.4 Å². The van der Waals surface area contributed by atoms with E-state index in [0.717, 1.165) is 30.9 Å². The van der Waals surface area contributed by atoms with E-state index in [9.17, 15) is 31.9 Å². The lowest BCUT2D eigenvalue weighted by Crippen LogP contribution is -2.41. The first kappa shape index (κ1) is 23.0. The smallest absolute Gasteiger partial charge is 0.437 e. The number of fused-ring (bicyclic) bond motifs is 2. The maximum absolute atomic E-state index is 14.3. The molecule has 5 rings (SSSR count). The molecule has 3 aromatic heterocycles. The first-order valence-corrected chi connectivity index (χ1v) is 10.4.